The highest BCUT2D eigenvalue weighted by Gasteiger charge is 2.25. The van der Waals surface area contributed by atoms with Crippen molar-refractivity contribution in [2.75, 3.05) is 11.9 Å². The third kappa shape index (κ3) is 5.19. The molecule has 19 heavy (non-hydrogen) atoms. The fourth-order valence-electron chi connectivity index (χ4n) is 2.11. The van der Waals surface area contributed by atoms with Crippen molar-refractivity contribution in [2.45, 2.75) is 59.0 Å². The predicted molar refractivity (Wildman–Crippen MR) is 75.9 cm³/mol. The van der Waals surface area contributed by atoms with Crippen molar-refractivity contribution in [3.63, 3.8) is 0 Å². The second-order valence-electron chi connectivity index (χ2n) is 5.95. The van der Waals surface area contributed by atoms with E-state index in [4.69, 9.17) is 4.42 Å². The van der Waals surface area contributed by atoms with Gasteiger partial charge in [-0.25, -0.2) is 0 Å². The molecule has 1 aromatic heterocycles. The Hall–Kier alpha value is -1.10. The summed E-state index contributed by atoms with van der Waals surface area (Å²) in [7, 11) is 0. The summed E-state index contributed by atoms with van der Waals surface area (Å²) in [5, 5.41) is 14.8. The van der Waals surface area contributed by atoms with Gasteiger partial charge in [-0.1, -0.05) is 38.7 Å². The van der Waals surface area contributed by atoms with Crippen LogP contribution in [0.4, 0.5) is 6.01 Å². The third-order valence-electron chi connectivity index (χ3n) is 3.43. The number of aromatic nitrogens is 2. The SMILES string of the molecule is CCC(CC1CC1)Nc1nnc(CNCC(C)C)o1. The summed E-state index contributed by atoms with van der Waals surface area (Å²) in [5.74, 6) is 2.19. The van der Waals surface area contributed by atoms with Gasteiger partial charge in [-0.3, -0.25) is 0 Å². The molecule has 2 rings (SSSR count). The number of nitrogens with zero attached hydrogens (tertiary/aromatic N) is 2. The first-order chi connectivity index (χ1) is 9.17. The van der Waals surface area contributed by atoms with Crippen molar-refractivity contribution in [1.82, 2.24) is 15.5 Å². The predicted octanol–water partition coefficient (Wildman–Crippen LogP) is 2.81. The van der Waals surface area contributed by atoms with Crippen molar-refractivity contribution in [3.05, 3.63) is 5.89 Å². The van der Waals surface area contributed by atoms with E-state index in [2.05, 4.69) is 41.6 Å². The van der Waals surface area contributed by atoms with Crippen LogP contribution in [0.5, 0.6) is 0 Å². The molecule has 5 heteroatoms. The van der Waals surface area contributed by atoms with E-state index in [1.54, 1.807) is 0 Å². The highest BCUT2D eigenvalue weighted by molar-refractivity contribution is 5.19. The van der Waals surface area contributed by atoms with Gasteiger partial charge in [0.2, 0.25) is 5.89 Å². The monoisotopic (exact) mass is 266 g/mol. The zero-order valence-electron chi connectivity index (χ0n) is 12.3. The van der Waals surface area contributed by atoms with Crippen LogP contribution < -0.4 is 10.6 Å². The van der Waals surface area contributed by atoms with Crippen LogP contribution in [0, 0.1) is 11.8 Å². The maximum atomic E-state index is 5.60. The van der Waals surface area contributed by atoms with Gasteiger partial charge in [-0.05, 0) is 31.2 Å². The van der Waals surface area contributed by atoms with Crippen LogP contribution >= 0.6 is 0 Å². The van der Waals surface area contributed by atoms with Crippen molar-refractivity contribution >= 4 is 6.01 Å². The average molecular weight is 266 g/mol. The molecule has 1 aliphatic carbocycles. The largest absolute Gasteiger partial charge is 0.407 e. The number of hydrogen-bond acceptors (Lipinski definition) is 5. The van der Waals surface area contributed by atoms with Gasteiger partial charge in [-0.2, -0.15) is 0 Å². The van der Waals surface area contributed by atoms with Gasteiger partial charge in [0.15, 0.2) is 0 Å². The molecule has 1 atom stereocenters. The first-order valence-electron chi connectivity index (χ1n) is 7.47. The number of nitrogens with one attached hydrogen (secondary N) is 2. The molecule has 2 N–H and O–H groups in total. The molecule has 0 bridgehead atoms. The topological polar surface area (TPSA) is 63.0 Å². The highest BCUT2D eigenvalue weighted by Crippen LogP contribution is 2.34. The second-order valence-corrected chi connectivity index (χ2v) is 5.95. The van der Waals surface area contributed by atoms with Crippen LogP contribution in [0.3, 0.4) is 0 Å². The molecular formula is C14H26N4O. The molecule has 1 heterocycles. The molecule has 0 radical (unpaired) electrons. The van der Waals surface area contributed by atoms with E-state index >= 15 is 0 Å². The first-order valence-corrected chi connectivity index (χ1v) is 7.47. The molecule has 1 aromatic rings. The lowest BCUT2D eigenvalue weighted by molar-refractivity contribution is 0.451. The Balaban J connectivity index is 1.75. The second kappa shape index (κ2) is 6.89. The van der Waals surface area contributed by atoms with Crippen LogP contribution in [0.25, 0.3) is 0 Å². The van der Waals surface area contributed by atoms with Crippen molar-refractivity contribution in [1.29, 1.82) is 0 Å². The third-order valence-corrected chi connectivity index (χ3v) is 3.43. The standard InChI is InChI=1S/C14H26N4O/c1-4-12(7-11-5-6-11)16-14-18-17-13(19-14)9-15-8-10(2)3/h10-12,15H,4-9H2,1-3H3,(H,16,18). The van der Waals surface area contributed by atoms with Gasteiger partial charge in [0.1, 0.15) is 0 Å². The van der Waals surface area contributed by atoms with E-state index < -0.39 is 0 Å². The first kappa shape index (κ1) is 14.3. The summed E-state index contributed by atoms with van der Waals surface area (Å²) in [5.41, 5.74) is 0. The molecule has 0 amide bonds. The fraction of sp³-hybridized carbons (Fsp3) is 0.857. The summed E-state index contributed by atoms with van der Waals surface area (Å²) in [6.07, 6.45) is 5.08. The quantitative estimate of drug-likeness (QED) is 0.719. The van der Waals surface area contributed by atoms with Gasteiger partial charge in [-0.15, -0.1) is 5.10 Å². The van der Waals surface area contributed by atoms with Crippen molar-refractivity contribution < 1.29 is 4.42 Å². The van der Waals surface area contributed by atoms with Gasteiger partial charge < -0.3 is 15.1 Å². The summed E-state index contributed by atoms with van der Waals surface area (Å²) < 4.78 is 5.60. The zero-order chi connectivity index (χ0) is 13.7. The molecule has 0 aliphatic heterocycles. The number of hydrogen-bond donors (Lipinski definition) is 2. The Labute approximate surface area is 115 Å². The fourth-order valence-corrected chi connectivity index (χ4v) is 2.11. The van der Waals surface area contributed by atoms with E-state index in [-0.39, 0.29) is 0 Å². The Bertz CT molecular complexity index is 373. The van der Waals surface area contributed by atoms with Crippen LogP contribution in [0.1, 0.15) is 52.3 Å². The summed E-state index contributed by atoms with van der Waals surface area (Å²) in [6, 6.07) is 1.03. The van der Waals surface area contributed by atoms with Crippen LogP contribution in [-0.2, 0) is 6.54 Å². The van der Waals surface area contributed by atoms with Gasteiger partial charge in [0.25, 0.3) is 0 Å². The van der Waals surface area contributed by atoms with E-state index in [1.807, 2.05) is 0 Å². The summed E-state index contributed by atoms with van der Waals surface area (Å²) in [4.78, 5) is 0. The van der Waals surface area contributed by atoms with Gasteiger partial charge in [0, 0.05) is 6.04 Å². The smallest absolute Gasteiger partial charge is 0.315 e. The zero-order valence-corrected chi connectivity index (χ0v) is 12.3. The van der Waals surface area contributed by atoms with E-state index in [0.717, 1.165) is 18.9 Å². The van der Waals surface area contributed by atoms with Gasteiger partial charge in [0.05, 0.1) is 6.54 Å². The lowest BCUT2D eigenvalue weighted by atomic mass is 10.1. The molecule has 1 unspecified atom stereocenters. The maximum absolute atomic E-state index is 5.60. The number of rotatable bonds is 9. The molecule has 0 saturated heterocycles. The molecule has 1 aliphatic rings. The molecule has 108 valence electrons. The summed E-state index contributed by atoms with van der Waals surface area (Å²) in [6.45, 7) is 8.16. The maximum Gasteiger partial charge on any atom is 0.315 e. The molecule has 5 nitrogen and oxygen atoms in total. The van der Waals surface area contributed by atoms with E-state index in [0.29, 0.717) is 30.4 Å². The van der Waals surface area contributed by atoms with Crippen LogP contribution in [0.2, 0.25) is 0 Å². The van der Waals surface area contributed by atoms with E-state index in [1.165, 1.54) is 19.3 Å². The highest BCUT2D eigenvalue weighted by atomic mass is 16.4. The molecule has 1 saturated carbocycles. The molecule has 0 aromatic carbocycles. The minimum atomic E-state index is 0.462. The molecule has 0 spiro atoms. The Morgan fingerprint density at radius 2 is 2.11 bits per heavy atom. The normalized spacial score (nSPS) is 16.8. The number of anilines is 1. The Morgan fingerprint density at radius 3 is 2.74 bits per heavy atom. The summed E-state index contributed by atoms with van der Waals surface area (Å²) >= 11 is 0. The molecule has 1 fully saturated rings. The minimum Gasteiger partial charge on any atom is -0.407 e. The lowest BCUT2D eigenvalue weighted by Crippen LogP contribution is -2.19. The minimum absolute atomic E-state index is 0.462. The lowest BCUT2D eigenvalue weighted by Gasteiger charge is -2.14. The van der Waals surface area contributed by atoms with Crippen LogP contribution in [-0.4, -0.2) is 22.8 Å². The Morgan fingerprint density at radius 1 is 1.32 bits per heavy atom. The Kier molecular flexibility index (Phi) is 5.19. The molecular weight excluding hydrogens is 240 g/mol. The van der Waals surface area contributed by atoms with Gasteiger partial charge >= 0.3 is 6.01 Å². The van der Waals surface area contributed by atoms with Crippen molar-refractivity contribution in [3.8, 4) is 0 Å². The average Bonchev–Trinajstić information content (AvgIpc) is 3.07. The van der Waals surface area contributed by atoms with Crippen molar-refractivity contribution in [2.24, 2.45) is 11.8 Å². The van der Waals surface area contributed by atoms with Crippen LogP contribution in [0.15, 0.2) is 4.42 Å². The van der Waals surface area contributed by atoms with E-state index in [9.17, 15) is 0 Å².